The van der Waals surface area contributed by atoms with Crippen LogP contribution in [0.4, 0.5) is 0 Å². The fourth-order valence-electron chi connectivity index (χ4n) is 6.18. The highest BCUT2D eigenvalue weighted by molar-refractivity contribution is 5.75. The molecule has 0 bridgehead atoms. The van der Waals surface area contributed by atoms with Gasteiger partial charge < -0.3 is 4.74 Å². The van der Waals surface area contributed by atoms with E-state index in [0.717, 1.165) is 12.2 Å². The van der Waals surface area contributed by atoms with Gasteiger partial charge in [-0.15, -0.1) is 0 Å². The average Bonchev–Trinajstić information content (AvgIpc) is 2.76. The van der Waals surface area contributed by atoms with Gasteiger partial charge in [0, 0.05) is 17.2 Å². The number of rotatable bonds is 2. The molecule has 2 heteroatoms. The maximum Gasteiger partial charge on any atom is 0.216 e. The van der Waals surface area contributed by atoms with Crippen molar-refractivity contribution in [1.82, 2.24) is 0 Å². The predicted octanol–water partition coefficient (Wildman–Crippen LogP) is 7.22. The monoisotopic (exact) mass is 426 g/mol. The summed E-state index contributed by atoms with van der Waals surface area (Å²) in [7, 11) is 2.17. The van der Waals surface area contributed by atoms with Gasteiger partial charge in [-0.2, -0.15) is 0 Å². The third kappa shape index (κ3) is 3.54. The van der Waals surface area contributed by atoms with Gasteiger partial charge in [0.05, 0.1) is 5.56 Å². The Morgan fingerprint density at radius 1 is 0.875 bits per heavy atom. The molecule has 0 saturated heterocycles. The molecular formula is C30H36NO+. The standard InChI is InChI=1S/C30H36NO/c1-21-14-15-25-28(32-30(20-29(25,3)4)16-10-7-11-17-30)27(21)26-18-22(2)24(19-31(26)5)23-12-8-6-9-13-23/h6,8-9,12-15,18-19H,7,10-11,16-17,20H2,1-5H3/q+1. The van der Waals surface area contributed by atoms with Gasteiger partial charge in [0.1, 0.15) is 18.4 Å². The number of hydrogen-bond donors (Lipinski definition) is 0. The average molecular weight is 427 g/mol. The van der Waals surface area contributed by atoms with Crippen molar-refractivity contribution in [2.75, 3.05) is 0 Å². The van der Waals surface area contributed by atoms with Crippen LogP contribution in [0, 0.1) is 13.8 Å². The minimum Gasteiger partial charge on any atom is -0.486 e. The highest BCUT2D eigenvalue weighted by atomic mass is 16.5. The van der Waals surface area contributed by atoms with E-state index in [2.05, 4.69) is 94.0 Å². The third-order valence-corrected chi connectivity index (χ3v) is 7.76. The lowest BCUT2D eigenvalue weighted by molar-refractivity contribution is -0.660. The van der Waals surface area contributed by atoms with Crippen LogP contribution in [0.2, 0.25) is 0 Å². The molecule has 0 unspecified atom stereocenters. The van der Waals surface area contributed by atoms with Crippen molar-refractivity contribution in [2.24, 2.45) is 7.05 Å². The topological polar surface area (TPSA) is 13.1 Å². The molecular weight excluding hydrogens is 390 g/mol. The fourth-order valence-corrected chi connectivity index (χ4v) is 6.18. The number of aromatic nitrogens is 1. The molecule has 1 aromatic heterocycles. The van der Waals surface area contributed by atoms with E-state index >= 15 is 0 Å². The Morgan fingerprint density at radius 3 is 2.31 bits per heavy atom. The Bertz CT molecular complexity index is 1150. The molecule has 5 rings (SSSR count). The molecule has 1 fully saturated rings. The van der Waals surface area contributed by atoms with Crippen LogP contribution >= 0.6 is 0 Å². The number of ether oxygens (including phenoxy) is 1. The van der Waals surface area contributed by atoms with Crippen LogP contribution in [0.5, 0.6) is 5.75 Å². The Labute approximate surface area is 193 Å². The summed E-state index contributed by atoms with van der Waals surface area (Å²) in [5, 5.41) is 0. The molecule has 0 atom stereocenters. The van der Waals surface area contributed by atoms with Gasteiger partial charge in [0.15, 0.2) is 6.20 Å². The maximum absolute atomic E-state index is 7.06. The number of hydrogen-bond acceptors (Lipinski definition) is 1. The smallest absolute Gasteiger partial charge is 0.216 e. The lowest BCUT2D eigenvalue weighted by Crippen LogP contribution is -2.47. The van der Waals surface area contributed by atoms with Crippen molar-refractivity contribution in [1.29, 1.82) is 0 Å². The second-order valence-electron chi connectivity index (χ2n) is 10.8. The Morgan fingerprint density at radius 2 is 1.59 bits per heavy atom. The minimum absolute atomic E-state index is 0.00507. The van der Waals surface area contributed by atoms with Crippen molar-refractivity contribution in [3.05, 3.63) is 71.4 Å². The summed E-state index contributed by atoms with van der Waals surface area (Å²) in [4.78, 5) is 0. The first-order valence-electron chi connectivity index (χ1n) is 12.2. The first kappa shape index (κ1) is 21.2. The number of benzene rings is 2. The first-order valence-corrected chi connectivity index (χ1v) is 12.2. The highest BCUT2D eigenvalue weighted by Crippen LogP contribution is 2.53. The van der Waals surface area contributed by atoms with Gasteiger partial charge in [0.25, 0.3) is 0 Å². The van der Waals surface area contributed by atoms with Crippen molar-refractivity contribution in [2.45, 2.75) is 77.2 Å². The molecule has 0 amide bonds. The lowest BCUT2D eigenvalue weighted by atomic mass is 9.67. The molecule has 1 aliphatic heterocycles. The van der Waals surface area contributed by atoms with Crippen molar-refractivity contribution < 1.29 is 9.30 Å². The quantitative estimate of drug-likeness (QED) is 0.394. The zero-order valence-corrected chi connectivity index (χ0v) is 20.3. The molecule has 2 aromatic carbocycles. The summed E-state index contributed by atoms with van der Waals surface area (Å²) < 4.78 is 9.35. The molecule has 0 radical (unpaired) electrons. The van der Waals surface area contributed by atoms with E-state index in [4.69, 9.17) is 4.74 Å². The van der Waals surface area contributed by atoms with Crippen LogP contribution in [-0.2, 0) is 12.5 Å². The van der Waals surface area contributed by atoms with Crippen LogP contribution in [-0.4, -0.2) is 5.60 Å². The largest absolute Gasteiger partial charge is 0.486 e. The van der Waals surface area contributed by atoms with Crippen molar-refractivity contribution >= 4 is 0 Å². The van der Waals surface area contributed by atoms with E-state index in [1.807, 2.05) is 0 Å². The van der Waals surface area contributed by atoms with E-state index in [9.17, 15) is 0 Å². The summed E-state index contributed by atoms with van der Waals surface area (Å²) in [6.07, 6.45) is 9.67. The van der Waals surface area contributed by atoms with Gasteiger partial charge in [-0.3, -0.25) is 0 Å². The normalized spacial score (nSPS) is 18.8. The number of pyridine rings is 1. The molecule has 2 aliphatic rings. The second kappa shape index (κ2) is 7.76. The van der Waals surface area contributed by atoms with E-state index in [0.29, 0.717) is 0 Å². The van der Waals surface area contributed by atoms with Gasteiger partial charge in [-0.25, -0.2) is 4.57 Å². The Balaban J connectivity index is 1.68. The van der Waals surface area contributed by atoms with Gasteiger partial charge in [-0.1, -0.05) is 62.7 Å². The molecule has 2 heterocycles. The molecule has 1 saturated carbocycles. The molecule has 166 valence electrons. The summed E-state index contributed by atoms with van der Waals surface area (Å²) in [5.74, 6) is 1.13. The van der Waals surface area contributed by atoms with Gasteiger partial charge >= 0.3 is 0 Å². The number of nitrogens with zero attached hydrogens (tertiary/aromatic N) is 1. The minimum atomic E-state index is -0.00507. The summed E-state index contributed by atoms with van der Waals surface area (Å²) in [5.41, 5.74) is 9.10. The van der Waals surface area contributed by atoms with E-state index in [-0.39, 0.29) is 11.0 Å². The zero-order chi connectivity index (χ0) is 22.5. The summed E-state index contributed by atoms with van der Waals surface area (Å²) in [6.45, 7) is 9.28. The highest BCUT2D eigenvalue weighted by Gasteiger charge is 2.46. The van der Waals surface area contributed by atoms with E-state index in [1.54, 1.807) is 0 Å². The van der Waals surface area contributed by atoms with Gasteiger partial charge in [0.2, 0.25) is 5.69 Å². The number of fused-ring (bicyclic) bond motifs is 1. The van der Waals surface area contributed by atoms with Crippen molar-refractivity contribution in [3.8, 4) is 28.1 Å². The van der Waals surface area contributed by atoms with Crippen LogP contribution in [0.25, 0.3) is 22.4 Å². The van der Waals surface area contributed by atoms with E-state index < -0.39 is 0 Å². The van der Waals surface area contributed by atoms with Crippen LogP contribution in [0.1, 0.15) is 69.1 Å². The lowest BCUT2D eigenvalue weighted by Gasteiger charge is -2.48. The maximum atomic E-state index is 7.06. The molecule has 2 nitrogen and oxygen atoms in total. The van der Waals surface area contributed by atoms with Gasteiger partial charge in [-0.05, 0) is 68.1 Å². The SMILES string of the molecule is Cc1cc(-c2c(C)ccc3c2OC2(CCCCC2)CC3(C)C)[n+](C)cc1-c1ccccc1. The van der Waals surface area contributed by atoms with Crippen molar-refractivity contribution in [3.63, 3.8) is 0 Å². The molecule has 3 aromatic rings. The Kier molecular flexibility index (Phi) is 5.15. The van der Waals surface area contributed by atoms with Crippen LogP contribution < -0.4 is 9.30 Å². The van der Waals surface area contributed by atoms with E-state index in [1.165, 1.54) is 71.2 Å². The fraction of sp³-hybridized carbons (Fsp3) is 0.433. The Hall–Kier alpha value is -2.61. The second-order valence-corrected chi connectivity index (χ2v) is 10.8. The third-order valence-electron chi connectivity index (χ3n) is 7.76. The molecule has 32 heavy (non-hydrogen) atoms. The zero-order valence-electron chi connectivity index (χ0n) is 20.3. The summed E-state index contributed by atoms with van der Waals surface area (Å²) in [6, 6.07) is 17.6. The molecule has 1 spiro atoms. The van der Waals surface area contributed by atoms with Crippen LogP contribution in [0.15, 0.2) is 54.7 Å². The first-order chi connectivity index (χ1) is 15.3. The van der Waals surface area contributed by atoms with Crippen LogP contribution in [0.3, 0.4) is 0 Å². The summed E-state index contributed by atoms with van der Waals surface area (Å²) >= 11 is 0. The predicted molar refractivity (Wildman–Crippen MR) is 132 cm³/mol. The number of aryl methyl sites for hydroxylation is 3. The molecule has 0 N–H and O–H groups in total. The molecule has 1 aliphatic carbocycles.